The summed E-state index contributed by atoms with van der Waals surface area (Å²) < 4.78 is 7.14. The number of aromatic nitrogens is 2. The van der Waals surface area contributed by atoms with Gasteiger partial charge in [-0.05, 0) is 44.4 Å². The molecule has 190 valence electrons. The molecule has 1 N–H and O–H groups in total. The first kappa shape index (κ1) is 24.6. The number of carbonyl (C=O) groups excluding carboxylic acids is 2. The lowest BCUT2D eigenvalue weighted by molar-refractivity contribution is -0.126. The fourth-order valence-corrected chi connectivity index (χ4v) is 4.71. The number of likely N-dealkylation sites (tertiary alicyclic amines) is 1. The quantitative estimate of drug-likeness (QED) is 0.391. The number of hydrogen-bond acceptors (Lipinski definition) is 4. The number of piperidine rings is 1. The standard InChI is InChI=1S/C30H32N4O3/c1-21-5-9-23(10-6-21)19-34-20-27(28(32-34)24-11-7-22(2)8-12-24)30(36)33-15-13-25(14-16-33)29(35)31-18-26-4-3-17-37-26/h3-12,17,20,25H,13-16,18-19H2,1-2H3,(H,31,35). The van der Waals surface area contributed by atoms with Crippen LogP contribution < -0.4 is 5.32 Å². The van der Waals surface area contributed by atoms with Crippen molar-refractivity contribution >= 4 is 11.8 Å². The van der Waals surface area contributed by atoms with Crippen molar-refractivity contribution in [2.45, 2.75) is 39.8 Å². The van der Waals surface area contributed by atoms with Crippen molar-refractivity contribution in [1.82, 2.24) is 20.0 Å². The summed E-state index contributed by atoms with van der Waals surface area (Å²) in [6, 6.07) is 20.1. The number of hydrogen-bond donors (Lipinski definition) is 1. The Morgan fingerprint density at radius 1 is 0.973 bits per heavy atom. The van der Waals surface area contributed by atoms with E-state index in [1.54, 1.807) is 12.3 Å². The monoisotopic (exact) mass is 496 g/mol. The Morgan fingerprint density at radius 3 is 2.30 bits per heavy atom. The van der Waals surface area contributed by atoms with E-state index in [1.807, 2.05) is 53.0 Å². The first-order valence-electron chi connectivity index (χ1n) is 12.8. The molecule has 2 amide bonds. The fraction of sp³-hybridized carbons (Fsp3) is 0.300. The third-order valence-corrected chi connectivity index (χ3v) is 6.95. The molecule has 4 aromatic rings. The van der Waals surface area contributed by atoms with Crippen LogP contribution in [0.25, 0.3) is 11.3 Å². The molecule has 37 heavy (non-hydrogen) atoms. The molecule has 1 aliphatic heterocycles. The van der Waals surface area contributed by atoms with E-state index < -0.39 is 0 Å². The van der Waals surface area contributed by atoms with E-state index in [4.69, 9.17) is 9.52 Å². The lowest BCUT2D eigenvalue weighted by Crippen LogP contribution is -2.43. The molecule has 0 unspecified atom stereocenters. The molecular weight excluding hydrogens is 464 g/mol. The van der Waals surface area contributed by atoms with Crippen molar-refractivity contribution < 1.29 is 14.0 Å². The third kappa shape index (κ3) is 5.82. The molecule has 0 spiro atoms. The van der Waals surface area contributed by atoms with Crippen LogP contribution in [0.4, 0.5) is 0 Å². The van der Waals surface area contributed by atoms with Crippen LogP contribution in [0.2, 0.25) is 0 Å². The van der Waals surface area contributed by atoms with Crippen LogP contribution in [0, 0.1) is 19.8 Å². The van der Waals surface area contributed by atoms with E-state index in [-0.39, 0.29) is 17.7 Å². The summed E-state index contributed by atoms with van der Waals surface area (Å²) in [5.41, 5.74) is 5.70. The molecule has 7 nitrogen and oxygen atoms in total. The molecule has 0 atom stereocenters. The average Bonchev–Trinajstić information content (AvgIpc) is 3.59. The number of aryl methyl sites for hydroxylation is 2. The summed E-state index contributed by atoms with van der Waals surface area (Å²) >= 11 is 0. The smallest absolute Gasteiger partial charge is 0.257 e. The van der Waals surface area contributed by atoms with Crippen molar-refractivity contribution in [2.24, 2.45) is 5.92 Å². The Balaban J connectivity index is 1.30. The van der Waals surface area contributed by atoms with Crippen LogP contribution in [-0.2, 0) is 17.9 Å². The molecule has 2 aromatic carbocycles. The zero-order chi connectivity index (χ0) is 25.8. The van der Waals surface area contributed by atoms with Crippen molar-refractivity contribution in [1.29, 1.82) is 0 Å². The number of nitrogens with zero attached hydrogens (tertiary/aromatic N) is 3. The molecule has 3 heterocycles. The van der Waals surface area contributed by atoms with Gasteiger partial charge in [-0.1, -0.05) is 59.7 Å². The van der Waals surface area contributed by atoms with E-state index in [1.165, 1.54) is 5.56 Å². The normalized spacial score (nSPS) is 14.1. The molecule has 0 radical (unpaired) electrons. The van der Waals surface area contributed by atoms with Gasteiger partial charge in [0.15, 0.2) is 0 Å². The average molecular weight is 497 g/mol. The third-order valence-electron chi connectivity index (χ3n) is 6.95. The minimum Gasteiger partial charge on any atom is -0.467 e. The number of benzene rings is 2. The summed E-state index contributed by atoms with van der Waals surface area (Å²) in [5.74, 6) is 0.585. The zero-order valence-corrected chi connectivity index (χ0v) is 21.3. The van der Waals surface area contributed by atoms with Crippen LogP contribution >= 0.6 is 0 Å². The van der Waals surface area contributed by atoms with E-state index in [9.17, 15) is 9.59 Å². The summed E-state index contributed by atoms with van der Waals surface area (Å²) in [6.45, 7) is 6.15. The van der Waals surface area contributed by atoms with Crippen molar-refractivity contribution in [3.8, 4) is 11.3 Å². The summed E-state index contributed by atoms with van der Waals surface area (Å²) in [6.07, 6.45) is 4.72. The first-order chi connectivity index (χ1) is 18.0. The highest BCUT2D eigenvalue weighted by Gasteiger charge is 2.30. The minimum absolute atomic E-state index is 0.00904. The number of carbonyl (C=O) groups is 2. The van der Waals surface area contributed by atoms with Crippen LogP contribution in [0.15, 0.2) is 77.5 Å². The van der Waals surface area contributed by atoms with Crippen LogP contribution in [0.3, 0.4) is 0 Å². The Labute approximate surface area is 217 Å². The second-order valence-electron chi connectivity index (χ2n) is 9.80. The van der Waals surface area contributed by atoms with Crippen molar-refractivity contribution in [3.05, 3.63) is 101 Å². The Bertz CT molecular complexity index is 1350. The van der Waals surface area contributed by atoms with E-state index in [0.29, 0.717) is 50.3 Å². The first-order valence-corrected chi connectivity index (χ1v) is 12.8. The summed E-state index contributed by atoms with van der Waals surface area (Å²) in [5, 5.41) is 7.78. The van der Waals surface area contributed by atoms with Gasteiger partial charge in [0.25, 0.3) is 5.91 Å². The van der Waals surface area contributed by atoms with Gasteiger partial charge in [-0.25, -0.2) is 0 Å². The van der Waals surface area contributed by atoms with Crippen molar-refractivity contribution in [2.75, 3.05) is 13.1 Å². The molecule has 0 aliphatic carbocycles. The van der Waals surface area contributed by atoms with Gasteiger partial charge in [-0.2, -0.15) is 5.10 Å². The summed E-state index contributed by atoms with van der Waals surface area (Å²) in [7, 11) is 0. The van der Waals surface area contributed by atoms with Gasteiger partial charge in [-0.15, -0.1) is 0 Å². The van der Waals surface area contributed by atoms with E-state index >= 15 is 0 Å². The number of rotatable bonds is 7. The van der Waals surface area contributed by atoms with Gasteiger partial charge in [0.05, 0.1) is 24.9 Å². The highest BCUT2D eigenvalue weighted by molar-refractivity contribution is 6.00. The largest absolute Gasteiger partial charge is 0.467 e. The second kappa shape index (κ2) is 10.9. The van der Waals surface area contributed by atoms with Gasteiger partial charge in [0.1, 0.15) is 11.5 Å². The molecule has 1 aliphatic rings. The van der Waals surface area contributed by atoms with Crippen molar-refractivity contribution in [3.63, 3.8) is 0 Å². The van der Waals surface area contributed by atoms with Crippen LogP contribution in [0.5, 0.6) is 0 Å². The van der Waals surface area contributed by atoms with Gasteiger partial charge in [0.2, 0.25) is 5.91 Å². The maximum Gasteiger partial charge on any atom is 0.257 e. The minimum atomic E-state index is -0.111. The number of furan rings is 1. The van der Waals surface area contributed by atoms with Gasteiger partial charge in [0, 0.05) is 30.8 Å². The summed E-state index contributed by atoms with van der Waals surface area (Å²) in [4.78, 5) is 28.2. The topological polar surface area (TPSA) is 80.4 Å². The predicted octanol–water partition coefficient (Wildman–Crippen LogP) is 4.98. The highest BCUT2D eigenvalue weighted by atomic mass is 16.3. The highest BCUT2D eigenvalue weighted by Crippen LogP contribution is 2.27. The van der Waals surface area contributed by atoms with Crippen LogP contribution in [-0.4, -0.2) is 39.6 Å². The molecular formula is C30H32N4O3. The molecule has 0 saturated carbocycles. The second-order valence-corrected chi connectivity index (χ2v) is 9.80. The molecule has 2 aromatic heterocycles. The SMILES string of the molecule is Cc1ccc(Cn2cc(C(=O)N3CCC(C(=O)NCc4ccco4)CC3)c(-c3ccc(C)cc3)n2)cc1. The lowest BCUT2D eigenvalue weighted by atomic mass is 9.95. The maximum atomic E-state index is 13.7. The molecule has 1 fully saturated rings. The number of nitrogens with one attached hydrogen (secondary N) is 1. The molecule has 0 bridgehead atoms. The van der Waals surface area contributed by atoms with Gasteiger partial charge in [-0.3, -0.25) is 14.3 Å². The Morgan fingerprint density at radius 2 is 1.65 bits per heavy atom. The molecule has 5 rings (SSSR count). The van der Waals surface area contributed by atoms with E-state index in [2.05, 4.69) is 36.5 Å². The lowest BCUT2D eigenvalue weighted by Gasteiger charge is -2.31. The van der Waals surface area contributed by atoms with Crippen LogP contribution in [0.1, 0.15) is 45.7 Å². The Kier molecular flexibility index (Phi) is 7.21. The van der Waals surface area contributed by atoms with Gasteiger partial charge < -0.3 is 14.6 Å². The number of amides is 2. The van der Waals surface area contributed by atoms with Gasteiger partial charge >= 0.3 is 0 Å². The molecule has 7 heteroatoms. The molecule has 1 saturated heterocycles. The predicted molar refractivity (Wildman–Crippen MR) is 142 cm³/mol. The van der Waals surface area contributed by atoms with E-state index in [0.717, 1.165) is 22.5 Å². The zero-order valence-electron chi connectivity index (χ0n) is 21.3. The fourth-order valence-electron chi connectivity index (χ4n) is 4.71. The Hall–Kier alpha value is -4.13. The maximum absolute atomic E-state index is 13.7.